The molecule has 19 heavy (non-hydrogen) atoms. The third-order valence-corrected chi connectivity index (χ3v) is 3.44. The first-order valence-electron chi connectivity index (χ1n) is 5.54. The van der Waals surface area contributed by atoms with E-state index in [1.807, 2.05) is 0 Å². The van der Waals surface area contributed by atoms with Gasteiger partial charge in [0.1, 0.15) is 5.82 Å². The number of hydrogen-bond donors (Lipinski definition) is 1. The smallest absolute Gasteiger partial charge is 0.252 e. The zero-order valence-corrected chi connectivity index (χ0v) is 12.1. The van der Waals surface area contributed by atoms with E-state index in [1.165, 1.54) is 12.1 Å². The first-order chi connectivity index (χ1) is 9.06. The molecule has 0 aliphatic rings. The van der Waals surface area contributed by atoms with E-state index >= 15 is 0 Å². The van der Waals surface area contributed by atoms with Crippen LogP contribution in [0.4, 0.5) is 4.39 Å². The lowest BCUT2D eigenvalue weighted by Crippen LogP contribution is -2.23. The van der Waals surface area contributed by atoms with E-state index in [4.69, 9.17) is 11.6 Å². The first-order valence-corrected chi connectivity index (χ1v) is 6.71. The molecule has 0 aliphatic heterocycles. The van der Waals surface area contributed by atoms with Gasteiger partial charge < -0.3 is 5.32 Å². The molecular weight excluding hydrogens is 333 g/mol. The van der Waals surface area contributed by atoms with Gasteiger partial charge in [-0.05, 0) is 51.8 Å². The molecule has 2 nitrogen and oxygen atoms in total. The summed E-state index contributed by atoms with van der Waals surface area (Å²) in [7, 11) is 0. The molecule has 0 radical (unpaired) electrons. The minimum Gasteiger partial charge on any atom is -0.348 e. The molecule has 2 aromatic carbocycles. The Balaban J connectivity index is 2.07. The zero-order valence-electron chi connectivity index (χ0n) is 9.79. The molecule has 98 valence electrons. The van der Waals surface area contributed by atoms with Gasteiger partial charge >= 0.3 is 0 Å². The summed E-state index contributed by atoms with van der Waals surface area (Å²) < 4.78 is 13.7. The lowest BCUT2D eigenvalue weighted by atomic mass is 10.2. The van der Waals surface area contributed by atoms with Crippen molar-refractivity contribution in [3.8, 4) is 0 Å². The van der Waals surface area contributed by atoms with Crippen LogP contribution in [0, 0.1) is 5.82 Å². The van der Waals surface area contributed by atoms with E-state index in [-0.39, 0.29) is 18.3 Å². The van der Waals surface area contributed by atoms with Gasteiger partial charge in [0.25, 0.3) is 5.91 Å². The number of benzene rings is 2. The third-order valence-electron chi connectivity index (χ3n) is 2.52. The molecule has 0 spiro atoms. The maximum atomic E-state index is 13.0. The van der Waals surface area contributed by atoms with Gasteiger partial charge in [0.2, 0.25) is 0 Å². The van der Waals surface area contributed by atoms with Crippen LogP contribution in [0.5, 0.6) is 0 Å². The summed E-state index contributed by atoms with van der Waals surface area (Å²) in [6.45, 7) is 0.259. The average molecular weight is 343 g/mol. The number of amides is 1. The van der Waals surface area contributed by atoms with Gasteiger partial charge in [-0.2, -0.15) is 0 Å². The summed E-state index contributed by atoms with van der Waals surface area (Å²) >= 11 is 9.14. The van der Waals surface area contributed by atoms with E-state index in [0.29, 0.717) is 20.6 Å². The standard InChI is InChI=1S/C14H10BrClFNO/c15-13-5-4-10(16)7-12(13)14(19)18-8-9-2-1-3-11(17)6-9/h1-7H,8H2,(H,18,19). The van der Waals surface area contributed by atoms with Crippen molar-refractivity contribution < 1.29 is 9.18 Å². The molecule has 1 amide bonds. The predicted octanol–water partition coefficient (Wildman–Crippen LogP) is 4.17. The van der Waals surface area contributed by atoms with Crippen LogP contribution in [0.25, 0.3) is 0 Å². The maximum absolute atomic E-state index is 13.0. The van der Waals surface area contributed by atoms with Crippen molar-refractivity contribution in [2.45, 2.75) is 6.54 Å². The van der Waals surface area contributed by atoms with Crippen molar-refractivity contribution in [2.75, 3.05) is 0 Å². The SMILES string of the molecule is O=C(NCc1cccc(F)c1)c1cc(Cl)ccc1Br. The minimum absolute atomic E-state index is 0.259. The molecule has 0 heterocycles. The highest BCUT2D eigenvalue weighted by Crippen LogP contribution is 2.21. The van der Waals surface area contributed by atoms with E-state index in [1.54, 1.807) is 30.3 Å². The van der Waals surface area contributed by atoms with Crippen molar-refractivity contribution in [3.05, 3.63) is 68.9 Å². The van der Waals surface area contributed by atoms with E-state index < -0.39 is 0 Å². The van der Waals surface area contributed by atoms with Crippen LogP contribution in [0.3, 0.4) is 0 Å². The third kappa shape index (κ3) is 3.78. The first kappa shape index (κ1) is 14.0. The van der Waals surface area contributed by atoms with Crippen LogP contribution >= 0.6 is 27.5 Å². The molecule has 2 aromatic rings. The summed E-state index contributed by atoms with van der Waals surface area (Å²) in [6, 6.07) is 11.1. The monoisotopic (exact) mass is 341 g/mol. The van der Waals surface area contributed by atoms with Crippen molar-refractivity contribution in [2.24, 2.45) is 0 Å². The van der Waals surface area contributed by atoms with E-state index in [0.717, 1.165) is 0 Å². The van der Waals surface area contributed by atoms with Crippen LogP contribution in [0.1, 0.15) is 15.9 Å². The van der Waals surface area contributed by atoms with Crippen LogP contribution in [0.2, 0.25) is 5.02 Å². The lowest BCUT2D eigenvalue weighted by Gasteiger charge is -2.07. The van der Waals surface area contributed by atoms with Gasteiger partial charge in [-0.15, -0.1) is 0 Å². The molecular formula is C14H10BrClFNO. The maximum Gasteiger partial charge on any atom is 0.252 e. The Kier molecular flexibility index (Phi) is 4.56. The summed E-state index contributed by atoms with van der Waals surface area (Å²) in [5, 5.41) is 3.20. The lowest BCUT2D eigenvalue weighted by molar-refractivity contribution is 0.0950. The van der Waals surface area contributed by atoms with Crippen LogP contribution < -0.4 is 5.32 Å². The molecule has 0 atom stereocenters. The van der Waals surface area contributed by atoms with Gasteiger partial charge in [0, 0.05) is 16.0 Å². The Bertz CT molecular complexity index is 618. The van der Waals surface area contributed by atoms with Crippen molar-refractivity contribution in [1.82, 2.24) is 5.32 Å². The van der Waals surface area contributed by atoms with Gasteiger partial charge in [0.15, 0.2) is 0 Å². The Hall–Kier alpha value is -1.39. The predicted molar refractivity (Wildman–Crippen MR) is 76.7 cm³/mol. The molecule has 0 fully saturated rings. The quantitative estimate of drug-likeness (QED) is 0.891. The Labute approximate surface area is 123 Å². The van der Waals surface area contributed by atoms with Gasteiger partial charge in [-0.25, -0.2) is 4.39 Å². The van der Waals surface area contributed by atoms with E-state index in [2.05, 4.69) is 21.2 Å². The molecule has 0 saturated heterocycles. The molecule has 0 saturated carbocycles. The molecule has 0 aliphatic carbocycles. The Morgan fingerprint density at radius 1 is 1.26 bits per heavy atom. The highest BCUT2D eigenvalue weighted by Gasteiger charge is 2.10. The number of halogens is 3. The number of hydrogen-bond acceptors (Lipinski definition) is 1. The minimum atomic E-state index is -0.323. The average Bonchev–Trinajstić information content (AvgIpc) is 2.39. The molecule has 0 aromatic heterocycles. The second-order valence-electron chi connectivity index (χ2n) is 3.94. The second kappa shape index (κ2) is 6.17. The zero-order chi connectivity index (χ0) is 13.8. The number of rotatable bonds is 3. The Morgan fingerprint density at radius 3 is 2.79 bits per heavy atom. The highest BCUT2D eigenvalue weighted by molar-refractivity contribution is 9.10. The summed E-state index contributed by atoms with van der Waals surface area (Å²) in [5.74, 6) is -0.589. The van der Waals surface area contributed by atoms with Crippen molar-refractivity contribution in [3.63, 3.8) is 0 Å². The number of carbonyl (C=O) groups is 1. The fourth-order valence-corrected chi connectivity index (χ4v) is 2.19. The Morgan fingerprint density at radius 2 is 2.05 bits per heavy atom. The van der Waals surface area contributed by atoms with Gasteiger partial charge in [-0.3, -0.25) is 4.79 Å². The fourth-order valence-electron chi connectivity index (χ4n) is 1.60. The molecule has 2 rings (SSSR count). The summed E-state index contributed by atoms with van der Waals surface area (Å²) in [5.41, 5.74) is 1.15. The van der Waals surface area contributed by atoms with Gasteiger partial charge in [-0.1, -0.05) is 23.7 Å². The number of nitrogens with one attached hydrogen (secondary N) is 1. The van der Waals surface area contributed by atoms with E-state index in [9.17, 15) is 9.18 Å². The molecule has 1 N–H and O–H groups in total. The summed E-state index contributed by atoms with van der Waals surface area (Å²) in [6.07, 6.45) is 0. The molecule has 5 heteroatoms. The van der Waals surface area contributed by atoms with Gasteiger partial charge in [0.05, 0.1) is 5.56 Å². The largest absolute Gasteiger partial charge is 0.348 e. The van der Waals surface area contributed by atoms with Crippen LogP contribution in [-0.4, -0.2) is 5.91 Å². The van der Waals surface area contributed by atoms with Crippen molar-refractivity contribution in [1.29, 1.82) is 0 Å². The molecule has 0 bridgehead atoms. The summed E-state index contributed by atoms with van der Waals surface area (Å²) in [4.78, 5) is 12.0. The second-order valence-corrected chi connectivity index (χ2v) is 5.23. The fraction of sp³-hybridized carbons (Fsp3) is 0.0714. The normalized spacial score (nSPS) is 10.3. The topological polar surface area (TPSA) is 29.1 Å². The van der Waals surface area contributed by atoms with Crippen LogP contribution in [0.15, 0.2) is 46.9 Å². The molecule has 0 unspecified atom stereocenters. The van der Waals surface area contributed by atoms with Crippen molar-refractivity contribution >= 4 is 33.4 Å². The number of carbonyl (C=O) groups excluding carboxylic acids is 1. The van der Waals surface area contributed by atoms with Crippen LogP contribution in [-0.2, 0) is 6.54 Å². The highest BCUT2D eigenvalue weighted by atomic mass is 79.9.